The van der Waals surface area contributed by atoms with Crippen LogP contribution in [-0.2, 0) is 4.74 Å². The highest BCUT2D eigenvalue weighted by Gasteiger charge is 2.24. The zero-order valence-electron chi connectivity index (χ0n) is 20.1. The molecule has 10 heteroatoms. The standard InChI is InChI=1S/C27H23ClFN3O5/c1-15(33)25-26(32-7-9-36-10-8-32)19-6-4-17(12-23(19)37-27(25)34)31-24-13-20(21(28)14-30-24)18-5-3-16(29)11-22(18)35-2/h3-6,11-14H,7-10H2,1-2H3,(H,30,31). The van der Waals surface area contributed by atoms with Gasteiger partial charge < -0.3 is 24.1 Å². The number of nitrogens with zero attached hydrogens (tertiary/aromatic N) is 2. The molecule has 8 nitrogen and oxygen atoms in total. The Balaban J connectivity index is 1.54. The van der Waals surface area contributed by atoms with Gasteiger partial charge in [0.15, 0.2) is 5.78 Å². The van der Waals surface area contributed by atoms with Crippen molar-refractivity contribution in [1.29, 1.82) is 0 Å². The van der Waals surface area contributed by atoms with E-state index in [1.807, 2.05) is 11.0 Å². The first-order valence-electron chi connectivity index (χ1n) is 11.6. The Morgan fingerprint density at radius 1 is 1.14 bits per heavy atom. The number of fused-ring (bicyclic) bond motifs is 1. The van der Waals surface area contributed by atoms with Crippen molar-refractivity contribution in [3.8, 4) is 16.9 Å². The van der Waals surface area contributed by atoms with E-state index < -0.39 is 11.4 Å². The quantitative estimate of drug-likeness (QED) is 0.264. The van der Waals surface area contributed by atoms with Crippen LogP contribution in [0.3, 0.4) is 0 Å². The highest BCUT2D eigenvalue weighted by Crippen LogP contribution is 2.37. The van der Waals surface area contributed by atoms with Crippen LogP contribution in [0.25, 0.3) is 22.1 Å². The van der Waals surface area contributed by atoms with Crippen molar-refractivity contribution in [2.45, 2.75) is 6.92 Å². The number of Topliss-reactive ketones (excluding diaryl/α,β-unsaturated/α-hetero) is 1. The largest absolute Gasteiger partial charge is 0.496 e. The first-order valence-corrected chi connectivity index (χ1v) is 11.9. The molecular formula is C27H23ClFN3O5. The van der Waals surface area contributed by atoms with Gasteiger partial charge in [0.1, 0.15) is 28.5 Å². The molecule has 37 heavy (non-hydrogen) atoms. The molecule has 1 aliphatic heterocycles. The van der Waals surface area contributed by atoms with Crippen molar-refractivity contribution in [2.75, 3.05) is 43.6 Å². The second-order valence-electron chi connectivity index (χ2n) is 8.50. The van der Waals surface area contributed by atoms with E-state index in [1.54, 1.807) is 24.3 Å². The SMILES string of the molecule is COc1cc(F)ccc1-c1cc(Nc2ccc3c(N4CCOCC4)c(C(C)=O)c(=O)oc3c2)ncc1Cl. The lowest BCUT2D eigenvalue weighted by Crippen LogP contribution is -2.38. The van der Waals surface area contributed by atoms with Gasteiger partial charge in [-0.1, -0.05) is 11.6 Å². The Bertz CT molecular complexity index is 1570. The number of morpholine rings is 1. The first-order chi connectivity index (χ1) is 17.9. The number of ketones is 1. The van der Waals surface area contributed by atoms with Crippen molar-refractivity contribution >= 4 is 45.5 Å². The molecule has 0 unspecified atom stereocenters. The molecular weight excluding hydrogens is 501 g/mol. The van der Waals surface area contributed by atoms with E-state index in [-0.39, 0.29) is 11.3 Å². The maximum Gasteiger partial charge on any atom is 0.349 e. The minimum absolute atomic E-state index is 0.0346. The van der Waals surface area contributed by atoms with Gasteiger partial charge in [-0.05, 0) is 37.3 Å². The minimum atomic E-state index is -0.686. The van der Waals surface area contributed by atoms with Gasteiger partial charge in [-0.2, -0.15) is 0 Å². The normalized spacial score (nSPS) is 13.6. The lowest BCUT2D eigenvalue weighted by atomic mass is 10.0. The summed E-state index contributed by atoms with van der Waals surface area (Å²) in [5.74, 6) is 0.0179. The molecule has 5 rings (SSSR count). The minimum Gasteiger partial charge on any atom is -0.496 e. The third-order valence-corrected chi connectivity index (χ3v) is 6.44. The van der Waals surface area contributed by atoms with E-state index in [9.17, 15) is 14.0 Å². The predicted molar refractivity (Wildman–Crippen MR) is 140 cm³/mol. The van der Waals surface area contributed by atoms with E-state index >= 15 is 0 Å². The maximum atomic E-state index is 13.7. The van der Waals surface area contributed by atoms with E-state index in [2.05, 4.69) is 10.3 Å². The van der Waals surface area contributed by atoms with Crippen LogP contribution < -0.4 is 20.6 Å². The van der Waals surface area contributed by atoms with Crippen molar-refractivity contribution < 1.29 is 23.1 Å². The van der Waals surface area contributed by atoms with Crippen LogP contribution in [0.4, 0.5) is 21.6 Å². The van der Waals surface area contributed by atoms with Gasteiger partial charge in [-0.15, -0.1) is 0 Å². The van der Waals surface area contributed by atoms with E-state index in [1.165, 1.54) is 32.4 Å². The highest BCUT2D eigenvalue weighted by atomic mass is 35.5. The van der Waals surface area contributed by atoms with E-state index in [0.717, 1.165) is 0 Å². The van der Waals surface area contributed by atoms with Gasteiger partial charge in [0.25, 0.3) is 0 Å². The number of hydrogen-bond acceptors (Lipinski definition) is 8. The number of pyridine rings is 1. The maximum absolute atomic E-state index is 13.7. The van der Waals surface area contributed by atoms with Crippen molar-refractivity contribution in [2.24, 2.45) is 0 Å². The molecule has 0 spiro atoms. The molecule has 0 bridgehead atoms. The number of carbonyl (C=O) groups excluding carboxylic acids is 1. The summed E-state index contributed by atoms with van der Waals surface area (Å²) in [5.41, 5.74) is 2.05. The van der Waals surface area contributed by atoms with Crippen molar-refractivity contribution in [3.63, 3.8) is 0 Å². The van der Waals surface area contributed by atoms with Crippen molar-refractivity contribution in [1.82, 2.24) is 4.98 Å². The number of methoxy groups -OCH3 is 1. The Hall–Kier alpha value is -3.95. The summed E-state index contributed by atoms with van der Waals surface area (Å²) in [5, 5.41) is 4.21. The highest BCUT2D eigenvalue weighted by molar-refractivity contribution is 6.33. The summed E-state index contributed by atoms with van der Waals surface area (Å²) in [4.78, 5) is 31.5. The second-order valence-corrected chi connectivity index (χ2v) is 8.91. The van der Waals surface area contributed by atoms with Gasteiger partial charge in [-0.25, -0.2) is 14.2 Å². The third-order valence-electron chi connectivity index (χ3n) is 6.14. The first kappa shape index (κ1) is 24.7. The number of ether oxygens (including phenoxy) is 2. The predicted octanol–water partition coefficient (Wildman–Crippen LogP) is 5.44. The number of carbonyl (C=O) groups is 1. The van der Waals surface area contributed by atoms with Gasteiger partial charge in [-0.3, -0.25) is 4.79 Å². The van der Waals surface area contributed by atoms with Gasteiger partial charge in [0.05, 0.1) is 31.0 Å². The van der Waals surface area contributed by atoms with Crippen LogP contribution in [0.5, 0.6) is 5.75 Å². The fourth-order valence-electron chi connectivity index (χ4n) is 4.44. The summed E-state index contributed by atoms with van der Waals surface area (Å²) >= 11 is 6.40. The summed E-state index contributed by atoms with van der Waals surface area (Å²) in [6, 6.07) is 11.2. The van der Waals surface area contributed by atoms with Crippen LogP contribution in [0.15, 0.2) is 57.9 Å². The Morgan fingerprint density at radius 2 is 1.92 bits per heavy atom. The zero-order chi connectivity index (χ0) is 26.1. The van der Waals surface area contributed by atoms with Crippen LogP contribution >= 0.6 is 11.6 Å². The third kappa shape index (κ3) is 4.87. The van der Waals surface area contributed by atoms with Gasteiger partial charge in [0, 0.05) is 53.6 Å². The van der Waals surface area contributed by atoms with Crippen molar-refractivity contribution in [3.05, 3.63) is 75.5 Å². The smallest absolute Gasteiger partial charge is 0.349 e. The molecule has 2 aromatic carbocycles. The molecule has 3 heterocycles. The van der Waals surface area contributed by atoms with E-state index in [4.69, 9.17) is 25.5 Å². The molecule has 1 aliphatic rings. The molecule has 0 amide bonds. The molecule has 190 valence electrons. The lowest BCUT2D eigenvalue weighted by Gasteiger charge is -2.30. The Kier molecular flexibility index (Phi) is 6.82. The molecule has 0 atom stereocenters. The molecule has 1 fully saturated rings. The van der Waals surface area contributed by atoms with Crippen LogP contribution in [0, 0.1) is 5.82 Å². The summed E-state index contributed by atoms with van der Waals surface area (Å²) in [6.07, 6.45) is 1.48. The summed E-state index contributed by atoms with van der Waals surface area (Å²) in [6.45, 7) is 3.48. The molecule has 1 N–H and O–H groups in total. The number of hydrogen-bond donors (Lipinski definition) is 1. The zero-order valence-corrected chi connectivity index (χ0v) is 20.9. The van der Waals surface area contributed by atoms with Crippen LogP contribution in [-0.4, -0.2) is 44.2 Å². The number of anilines is 3. The topological polar surface area (TPSA) is 93.9 Å². The van der Waals surface area contributed by atoms with Crippen LogP contribution in [0.1, 0.15) is 17.3 Å². The second kappa shape index (κ2) is 10.2. The number of nitrogens with one attached hydrogen (secondary N) is 1. The average Bonchev–Trinajstić information content (AvgIpc) is 2.89. The fourth-order valence-corrected chi connectivity index (χ4v) is 4.64. The number of aromatic nitrogens is 1. The molecule has 0 saturated carbocycles. The summed E-state index contributed by atoms with van der Waals surface area (Å²) in [7, 11) is 1.46. The van der Waals surface area contributed by atoms with E-state index in [0.29, 0.717) is 76.4 Å². The number of rotatable bonds is 6. The Morgan fingerprint density at radius 3 is 2.65 bits per heavy atom. The van der Waals surface area contributed by atoms with Crippen LogP contribution in [0.2, 0.25) is 5.02 Å². The molecule has 4 aromatic rings. The number of benzene rings is 2. The Labute approximate surface area is 216 Å². The lowest BCUT2D eigenvalue weighted by molar-refractivity contribution is 0.101. The summed E-state index contributed by atoms with van der Waals surface area (Å²) < 4.78 is 30.0. The molecule has 2 aromatic heterocycles. The fraction of sp³-hybridized carbons (Fsp3) is 0.222. The van der Waals surface area contributed by atoms with Gasteiger partial charge >= 0.3 is 5.63 Å². The molecule has 0 aliphatic carbocycles. The monoisotopic (exact) mass is 523 g/mol. The van der Waals surface area contributed by atoms with Gasteiger partial charge in [0.2, 0.25) is 0 Å². The average molecular weight is 524 g/mol. The molecule has 1 saturated heterocycles. The number of halogens is 2. The molecule has 0 radical (unpaired) electrons.